The molecule has 1 N–H and O–H groups in total. The van der Waals surface area contributed by atoms with Crippen LogP contribution in [0.4, 0.5) is 4.39 Å². The zero-order valence-electron chi connectivity index (χ0n) is 12.2. The molecule has 21 heavy (non-hydrogen) atoms. The van der Waals surface area contributed by atoms with Crippen molar-refractivity contribution in [1.29, 1.82) is 0 Å². The number of benzene rings is 2. The highest BCUT2D eigenvalue weighted by atomic mass is 35.5. The Morgan fingerprint density at radius 2 is 1.86 bits per heavy atom. The summed E-state index contributed by atoms with van der Waals surface area (Å²) in [6.45, 7) is 5.18. The normalized spacial score (nSPS) is 12.2. The molecule has 0 amide bonds. The van der Waals surface area contributed by atoms with E-state index in [2.05, 4.69) is 19.2 Å². The van der Waals surface area contributed by atoms with E-state index in [1.807, 2.05) is 24.3 Å². The average Bonchev–Trinajstić information content (AvgIpc) is 2.48. The molecule has 2 aromatic carbocycles. The van der Waals surface area contributed by atoms with Crippen LogP contribution >= 0.6 is 11.6 Å². The maximum atomic E-state index is 13.0. The highest BCUT2D eigenvalue weighted by Gasteiger charge is 2.08. The van der Waals surface area contributed by atoms with Crippen molar-refractivity contribution in [2.75, 3.05) is 6.54 Å². The summed E-state index contributed by atoms with van der Waals surface area (Å²) in [7, 11) is 0. The standard InChI is InChI=1S/C17H19ClFNO/c1-3-16(20-4-2)12-5-8-14(9-6-12)21-17-10-7-13(19)11-15(17)18/h5-11,16,20H,3-4H2,1-2H3. The van der Waals surface area contributed by atoms with Crippen molar-refractivity contribution in [2.24, 2.45) is 0 Å². The third-order valence-electron chi connectivity index (χ3n) is 3.26. The molecule has 2 aromatic rings. The van der Waals surface area contributed by atoms with E-state index in [1.165, 1.54) is 23.8 Å². The molecule has 0 fully saturated rings. The maximum Gasteiger partial charge on any atom is 0.146 e. The molecular formula is C17H19ClFNO. The topological polar surface area (TPSA) is 21.3 Å². The summed E-state index contributed by atoms with van der Waals surface area (Å²) in [4.78, 5) is 0. The number of rotatable bonds is 6. The lowest BCUT2D eigenvalue weighted by Crippen LogP contribution is -2.19. The van der Waals surface area contributed by atoms with Gasteiger partial charge in [0.05, 0.1) is 5.02 Å². The molecule has 0 radical (unpaired) electrons. The van der Waals surface area contributed by atoms with Crippen LogP contribution in [0.5, 0.6) is 11.5 Å². The van der Waals surface area contributed by atoms with Gasteiger partial charge >= 0.3 is 0 Å². The van der Waals surface area contributed by atoms with Gasteiger partial charge in [0.1, 0.15) is 17.3 Å². The lowest BCUT2D eigenvalue weighted by Gasteiger charge is -2.16. The van der Waals surface area contributed by atoms with Crippen LogP contribution in [0.3, 0.4) is 0 Å². The number of ether oxygens (including phenoxy) is 1. The summed E-state index contributed by atoms with van der Waals surface area (Å²) in [5.74, 6) is 0.752. The fourth-order valence-electron chi connectivity index (χ4n) is 2.20. The minimum Gasteiger partial charge on any atom is -0.456 e. The Morgan fingerprint density at radius 1 is 1.14 bits per heavy atom. The van der Waals surface area contributed by atoms with Gasteiger partial charge in [0.15, 0.2) is 0 Å². The van der Waals surface area contributed by atoms with E-state index in [9.17, 15) is 4.39 Å². The third-order valence-corrected chi connectivity index (χ3v) is 3.56. The lowest BCUT2D eigenvalue weighted by atomic mass is 10.0. The quantitative estimate of drug-likeness (QED) is 0.778. The minimum atomic E-state index is -0.376. The Labute approximate surface area is 129 Å². The summed E-state index contributed by atoms with van der Waals surface area (Å²) in [5.41, 5.74) is 1.22. The van der Waals surface area contributed by atoms with Gasteiger partial charge in [0.25, 0.3) is 0 Å². The van der Waals surface area contributed by atoms with Gasteiger partial charge in [-0.1, -0.05) is 37.6 Å². The Morgan fingerprint density at radius 3 is 2.43 bits per heavy atom. The van der Waals surface area contributed by atoms with E-state index in [1.54, 1.807) is 0 Å². The summed E-state index contributed by atoms with van der Waals surface area (Å²) in [6, 6.07) is 12.3. The molecule has 2 rings (SSSR count). The molecular weight excluding hydrogens is 289 g/mol. The van der Waals surface area contributed by atoms with E-state index in [-0.39, 0.29) is 10.8 Å². The summed E-state index contributed by atoms with van der Waals surface area (Å²) < 4.78 is 18.7. The van der Waals surface area contributed by atoms with Crippen molar-refractivity contribution in [3.8, 4) is 11.5 Å². The first-order chi connectivity index (χ1) is 10.1. The van der Waals surface area contributed by atoms with E-state index < -0.39 is 0 Å². The first kappa shape index (κ1) is 15.8. The largest absolute Gasteiger partial charge is 0.456 e. The Bertz CT molecular complexity index is 586. The first-order valence-corrected chi connectivity index (χ1v) is 7.48. The van der Waals surface area contributed by atoms with Gasteiger partial charge in [-0.05, 0) is 48.9 Å². The predicted molar refractivity (Wildman–Crippen MR) is 84.6 cm³/mol. The smallest absolute Gasteiger partial charge is 0.146 e. The third kappa shape index (κ3) is 4.19. The highest BCUT2D eigenvalue weighted by molar-refractivity contribution is 6.32. The predicted octanol–water partition coefficient (Wildman–Crippen LogP) is 5.33. The van der Waals surface area contributed by atoms with Crippen LogP contribution < -0.4 is 10.1 Å². The van der Waals surface area contributed by atoms with Crippen molar-refractivity contribution >= 4 is 11.6 Å². The van der Waals surface area contributed by atoms with Gasteiger partial charge in [0.2, 0.25) is 0 Å². The van der Waals surface area contributed by atoms with Gasteiger partial charge in [0, 0.05) is 6.04 Å². The second-order valence-electron chi connectivity index (χ2n) is 4.76. The monoisotopic (exact) mass is 307 g/mol. The molecule has 0 heterocycles. The maximum absolute atomic E-state index is 13.0. The van der Waals surface area contributed by atoms with E-state index in [0.717, 1.165) is 13.0 Å². The van der Waals surface area contributed by atoms with Crippen LogP contribution in [0.1, 0.15) is 31.9 Å². The minimum absolute atomic E-state index is 0.262. The molecule has 0 aliphatic rings. The molecule has 0 saturated carbocycles. The van der Waals surface area contributed by atoms with Gasteiger partial charge in [-0.3, -0.25) is 0 Å². The molecule has 4 heteroatoms. The molecule has 0 bridgehead atoms. The van der Waals surface area contributed by atoms with E-state index in [4.69, 9.17) is 16.3 Å². The fourth-order valence-corrected chi connectivity index (χ4v) is 2.40. The van der Waals surface area contributed by atoms with Crippen molar-refractivity contribution in [3.05, 3.63) is 58.9 Å². The van der Waals surface area contributed by atoms with Crippen molar-refractivity contribution in [1.82, 2.24) is 5.32 Å². The number of halogens is 2. The summed E-state index contributed by atoms with van der Waals surface area (Å²) >= 11 is 5.95. The van der Waals surface area contributed by atoms with Crippen molar-refractivity contribution in [3.63, 3.8) is 0 Å². The van der Waals surface area contributed by atoms with Crippen molar-refractivity contribution in [2.45, 2.75) is 26.3 Å². The molecule has 112 valence electrons. The molecule has 1 atom stereocenters. The Balaban J connectivity index is 2.11. The summed E-state index contributed by atoms with van der Waals surface area (Å²) in [6.07, 6.45) is 1.03. The summed E-state index contributed by atoms with van der Waals surface area (Å²) in [5, 5.41) is 3.69. The molecule has 0 aromatic heterocycles. The molecule has 0 spiro atoms. The van der Waals surface area contributed by atoms with Crippen LogP contribution in [0.2, 0.25) is 5.02 Å². The van der Waals surface area contributed by atoms with E-state index in [0.29, 0.717) is 17.5 Å². The Hall–Kier alpha value is -1.58. The van der Waals surface area contributed by atoms with Crippen LogP contribution in [0.15, 0.2) is 42.5 Å². The highest BCUT2D eigenvalue weighted by Crippen LogP contribution is 2.30. The lowest BCUT2D eigenvalue weighted by molar-refractivity contribution is 0.479. The van der Waals surface area contributed by atoms with E-state index >= 15 is 0 Å². The zero-order valence-corrected chi connectivity index (χ0v) is 13.0. The SMILES string of the molecule is CCNC(CC)c1ccc(Oc2ccc(F)cc2Cl)cc1. The number of hydrogen-bond acceptors (Lipinski definition) is 2. The van der Waals surface area contributed by atoms with Crippen LogP contribution in [0.25, 0.3) is 0 Å². The molecule has 0 aliphatic heterocycles. The van der Waals surface area contributed by atoms with Gasteiger partial charge in [-0.25, -0.2) is 4.39 Å². The molecule has 0 saturated heterocycles. The number of hydrogen-bond donors (Lipinski definition) is 1. The number of nitrogens with one attached hydrogen (secondary N) is 1. The average molecular weight is 308 g/mol. The van der Waals surface area contributed by atoms with Crippen LogP contribution in [-0.2, 0) is 0 Å². The van der Waals surface area contributed by atoms with Gasteiger partial charge in [-0.15, -0.1) is 0 Å². The van der Waals surface area contributed by atoms with Crippen LogP contribution in [-0.4, -0.2) is 6.54 Å². The second kappa shape index (κ2) is 7.43. The molecule has 1 unspecified atom stereocenters. The molecule has 0 aliphatic carbocycles. The fraction of sp³-hybridized carbons (Fsp3) is 0.294. The van der Waals surface area contributed by atoms with Gasteiger partial charge in [-0.2, -0.15) is 0 Å². The second-order valence-corrected chi connectivity index (χ2v) is 5.17. The Kier molecular flexibility index (Phi) is 5.59. The van der Waals surface area contributed by atoms with Crippen molar-refractivity contribution < 1.29 is 9.13 Å². The van der Waals surface area contributed by atoms with Crippen LogP contribution in [0, 0.1) is 5.82 Å². The van der Waals surface area contributed by atoms with Gasteiger partial charge < -0.3 is 10.1 Å². The molecule has 2 nitrogen and oxygen atoms in total. The first-order valence-electron chi connectivity index (χ1n) is 7.10. The zero-order chi connectivity index (χ0) is 15.2.